The first-order valence-electron chi connectivity index (χ1n) is 5.74. The standard InChI is InChI=1S/C14H11ClN2O3/c1-8(18)11-7-16-13(6-12(11)15)9-2-4-10(5-3-9)17-14(19)20/h2-7,17H,1H3,(H,19,20). The van der Waals surface area contributed by atoms with Crippen LogP contribution >= 0.6 is 11.6 Å². The molecule has 5 nitrogen and oxygen atoms in total. The number of nitrogens with zero attached hydrogens (tertiary/aromatic N) is 1. The highest BCUT2D eigenvalue weighted by Crippen LogP contribution is 2.24. The molecule has 1 aromatic heterocycles. The number of rotatable bonds is 3. The second-order valence-electron chi connectivity index (χ2n) is 4.11. The zero-order valence-electron chi connectivity index (χ0n) is 10.6. The van der Waals surface area contributed by atoms with E-state index in [1.54, 1.807) is 30.3 Å². The molecular formula is C14H11ClN2O3. The Bertz CT molecular complexity index is 669. The molecule has 0 fully saturated rings. The first-order valence-corrected chi connectivity index (χ1v) is 6.12. The summed E-state index contributed by atoms with van der Waals surface area (Å²) in [6, 6.07) is 8.29. The Morgan fingerprint density at radius 3 is 2.40 bits per heavy atom. The third-order valence-electron chi connectivity index (χ3n) is 2.66. The number of pyridine rings is 1. The van der Waals surface area contributed by atoms with Crippen LogP contribution in [0, 0.1) is 0 Å². The molecule has 2 aromatic rings. The molecule has 0 spiro atoms. The molecule has 0 aliphatic heterocycles. The van der Waals surface area contributed by atoms with Crippen LogP contribution in [-0.4, -0.2) is 22.0 Å². The normalized spacial score (nSPS) is 10.1. The Kier molecular flexibility index (Phi) is 4.00. The summed E-state index contributed by atoms with van der Waals surface area (Å²) in [4.78, 5) is 25.9. The van der Waals surface area contributed by atoms with E-state index in [4.69, 9.17) is 16.7 Å². The lowest BCUT2D eigenvalue weighted by atomic mass is 10.1. The third kappa shape index (κ3) is 3.13. The van der Waals surface area contributed by atoms with Crippen LogP contribution in [0.25, 0.3) is 11.3 Å². The van der Waals surface area contributed by atoms with Gasteiger partial charge in [-0.25, -0.2) is 4.79 Å². The summed E-state index contributed by atoms with van der Waals surface area (Å²) in [7, 11) is 0. The van der Waals surface area contributed by atoms with E-state index in [9.17, 15) is 9.59 Å². The fourth-order valence-corrected chi connectivity index (χ4v) is 1.98. The quantitative estimate of drug-likeness (QED) is 0.845. The number of nitrogens with one attached hydrogen (secondary N) is 1. The van der Waals surface area contributed by atoms with Crippen LogP contribution in [-0.2, 0) is 0 Å². The van der Waals surface area contributed by atoms with Crippen LogP contribution < -0.4 is 5.32 Å². The summed E-state index contributed by atoms with van der Waals surface area (Å²) >= 11 is 6.02. The number of hydrogen-bond donors (Lipinski definition) is 2. The van der Waals surface area contributed by atoms with E-state index in [1.165, 1.54) is 13.1 Å². The number of carbonyl (C=O) groups is 2. The van der Waals surface area contributed by atoms with Gasteiger partial charge in [-0.2, -0.15) is 0 Å². The summed E-state index contributed by atoms with van der Waals surface area (Å²) in [6.45, 7) is 1.43. The average molecular weight is 291 g/mol. The lowest BCUT2D eigenvalue weighted by Gasteiger charge is -2.06. The van der Waals surface area contributed by atoms with Gasteiger partial charge in [0.2, 0.25) is 0 Å². The third-order valence-corrected chi connectivity index (χ3v) is 2.98. The van der Waals surface area contributed by atoms with Crippen LogP contribution in [0.15, 0.2) is 36.5 Å². The number of carbonyl (C=O) groups excluding carboxylic acids is 1. The second-order valence-corrected chi connectivity index (χ2v) is 4.52. The topological polar surface area (TPSA) is 79.3 Å². The Morgan fingerprint density at radius 1 is 1.25 bits per heavy atom. The molecule has 2 rings (SSSR count). The molecule has 1 aromatic carbocycles. The summed E-state index contributed by atoms with van der Waals surface area (Å²) in [5.41, 5.74) is 2.23. The van der Waals surface area contributed by atoms with Crippen molar-refractivity contribution in [1.29, 1.82) is 0 Å². The number of carboxylic acid groups (broad SMARTS) is 1. The van der Waals surface area contributed by atoms with Crippen LogP contribution in [0.1, 0.15) is 17.3 Å². The molecule has 0 saturated heterocycles. The van der Waals surface area contributed by atoms with Crippen LogP contribution in [0.3, 0.4) is 0 Å². The minimum Gasteiger partial charge on any atom is -0.465 e. The molecule has 0 atom stereocenters. The van der Waals surface area contributed by atoms with Crippen LogP contribution in [0.4, 0.5) is 10.5 Å². The Morgan fingerprint density at radius 2 is 1.90 bits per heavy atom. The van der Waals surface area contributed by atoms with Gasteiger partial charge in [-0.1, -0.05) is 23.7 Å². The molecule has 0 aliphatic rings. The molecule has 0 aliphatic carbocycles. The molecule has 1 amide bonds. The largest absolute Gasteiger partial charge is 0.465 e. The van der Waals surface area contributed by atoms with Gasteiger partial charge in [0.05, 0.1) is 16.3 Å². The highest BCUT2D eigenvalue weighted by molar-refractivity contribution is 6.34. The monoisotopic (exact) mass is 290 g/mol. The van der Waals surface area contributed by atoms with Crippen molar-refractivity contribution in [2.75, 3.05) is 5.32 Å². The van der Waals surface area contributed by atoms with Crippen molar-refractivity contribution in [3.63, 3.8) is 0 Å². The van der Waals surface area contributed by atoms with E-state index in [2.05, 4.69) is 10.3 Å². The first kappa shape index (κ1) is 14.0. The Labute approximate surface area is 120 Å². The Balaban J connectivity index is 2.30. The average Bonchev–Trinajstić information content (AvgIpc) is 2.38. The second kappa shape index (κ2) is 5.71. The summed E-state index contributed by atoms with van der Waals surface area (Å²) < 4.78 is 0. The zero-order chi connectivity index (χ0) is 14.7. The summed E-state index contributed by atoms with van der Waals surface area (Å²) in [6.07, 6.45) is 0.313. The van der Waals surface area contributed by atoms with Gasteiger partial charge in [0.1, 0.15) is 0 Å². The number of ketones is 1. The van der Waals surface area contributed by atoms with E-state index < -0.39 is 6.09 Å². The maximum atomic E-state index is 11.3. The first-order chi connectivity index (χ1) is 9.47. The van der Waals surface area contributed by atoms with Crippen LogP contribution in [0.5, 0.6) is 0 Å². The fourth-order valence-electron chi connectivity index (χ4n) is 1.70. The molecule has 1 heterocycles. The minimum absolute atomic E-state index is 0.143. The molecule has 0 bridgehead atoms. The van der Waals surface area contributed by atoms with E-state index in [0.29, 0.717) is 22.0 Å². The summed E-state index contributed by atoms with van der Waals surface area (Å²) in [5, 5.41) is 11.2. The fraction of sp³-hybridized carbons (Fsp3) is 0.0714. The van der Waals surface area contributed by atoms with Crippen molar-refractivity contribution < 1.29 is 14.7 Å². The number of amides is 1. The number of anilines is 1. The molecular weight excluding hydrogens is 280 g/mol. The SMILES string of the molecule is CC(=O)c1cnc(-c2ccc(NC(=O)O)cc2)cc1Cl. The molecule has 0 saturated carbocycles. The van der Waals surface area contributed by atoms with Crippen molar-refractivity contribution >= 4 is 29.2 Å². The van der Waals surface area contributed by atoms with Gasteiger partial charge in [-0.05, 0) is 25.1 Å². The zero-order valence-corrected chi connectivity index (χ0v) is 11.3. The van der Waals surface area contributed by atoms with Crippen molar-refractivity contribution in [2.24, 2.45) is 0 Å². The number of Topliss-reactive ketones (excluding diaryl/α,β-unsaturated/α-hetero) is 1. The maximum Gasteiger partial charge on any atom is 0.409 e. The summed E-state index contributed by atoms with van der Waals surface area (Å²) in [5.74, 6) is -0.143. The smallest absolute Gasteiger partial charge is 0.409 e. The van der Waals surface area contributed by atoms with Gasteiger partial charge in [0.15, 0.2) is 5.78 Å². The number of benzene rings is 1. The van der Waals surface area contributed by atoms with E-state index in [-0.39, 0.29) is 5.78 Å². The number of halogens is 1. The number of aromatic nitrogens is 1. The molecule has 2 N–H and O–H groups in total. The van der Waals surface area contributed by atoms with Gasteiger partial charge in [0.25, 0.3) is 0 Å². The predicted octanol–water partition coefficient (Wildman–Crippen LogP) is 3.69. The van der Waals surface area contributed by atoms with Crippen molar-refractivity contribution in [3.8, 4) is 11.3 Å². The lowest BCUT2D eigenvalue weighted by molar-refractivity contribution is 0.101. The molecule has 0 unspecified atom stereocenters. The predicted molar refractivity (Wildman–Crippen MR) is 76.3 cm³/mol. The van der Waals surface area contributed by atoms with Gasteiger partial charge in [-0.3, -0.25) is 15.1 Å². The highest BCUT2D eigenvalue weighted by atomic mass is 35.5. The lowest BCUT2D eigenvalue weighted by Crippen LogP contribution is -2.06. The molecule has 6 heteroatoms. The number of hydrogen-bond acceptors (Lipinski definition) is 3. The van der Waals surface area contributed by atoms with Crippen molar-refractivity contribution in [3.05, 3.63) is 47.1 Å². The van der Waals surface area contributed by atoms with Crippen LogP contribution in [0.2, 0.25) is 5.02 Å². The minimum atomic E-state index is -1.12. The van der Waals surface area contributed by atoms with Gasteiger partial charge >= 0.3 is 6.09 Å². The van der Waals surface area contributed by atoms with Crippen molar-refractivity contribution in [1.82, 2.24) is 4.98 Å². The highest BCUT2D eigenvalue weighted by Gasteiger charge is 2.09. The molecule has 102 valence electrons. The molecule has 0 radical (unpaired) electrons. The maximum absolute atomic E-state index is 11.3. The van der Waals surface area contributed by atoms with Gasteiger partial charge < -0.3 is 5.11 Å². The van der Waals surface area contributed by atoms with E-state index >= 15 is 0 Å². The Hall–Kier alpha value is -2.40. The van der Waals surface area contributed by atoms with Gasteiger partial charge in [-0.15, -0.1) is 0 Å². The molecule has 20 heavy (non-hydrogen) atoms. The van der Waals surface area contributed by atoms with E-state index in [1.807, 2.05) is 0 Å². The van der Waals surface area contributed by atoms with E-state index in [0.717, 1.165) is 5.56 Å². The van der Waals surface area contributed by atoms with Gasteiger partial charge in [0, 0.05) is 17.4 Å². The van der Waals surface area contributed by atoms with Crippen molar-refractivity contribution in [2.45, 2.75) is 6.92 Å².